The summed E-state index contributed by atoms with van der Waals surface area (Å²) in [6.45, 7) is 3.92. The van der Waals surface area contributed by atoms with Gasteiger partial charge in [0.1, 0.15) is 6.61 Å². The van der Waals surface area contributed by atoms with E-state index in [9.17, 15) is 14.7 Å². The van der Waals surface area contributed by atoms with Crippen LogP contribution >= 0.6 is 0 Å². The van der Waals surface area contributed by atoms with Gasteiger partial charge in [-0.1, -0.05) is 125 Å². The van der Waals surface area contributed by atoms with Crippen molar-refractivity contribution in [3.05, 3.63) is 72.9 Å². The van der Waals surface area contributed by atoms with E-state index in [0.717, 1.165) is 64.2 Å². The summed E-state index contributed by atoms with van der Waals surface area (Å²) in [5.41, 5.74) is 0. The van der Waals surface area contributed by atoms with Crippen LogP contribution in [0.5, 0.6) is 0 Å². The molecule has 250 valence electrons. The zero-order valence-corrected chi connectivity index (χ0v) is 28.1. The lowest BCUT2D eigenvalue weighted by Gasteiger charge is -2.15. The van der Waals surface area contributed by atoms with Crippen LogP contribution in [0.3, 0.4) is 0 Å². The summed E-state index contributed by atoms with van der Waals surface area (Å²) in [6, 6.07) is 0. The molecule has 1 unspecified atom stereocenters. The Balaban J connectivity index is 3.74. The lowest BCUT2D eigenvalue weighted by atomic mass is 10.1. The lowest BCUT2D eigenvalue weighted by molar-refractivity contribution is -0.161. The average Bonchev–Trinajstić information content (AvgIpc) is 3.02. The van der Waals surface area contributed by atoms with Crippen molar-refractivity contribution in [2.45, 2.75) is 148 Å². The lowest BCUT2D eigenvalue weighted by Crippen LogP contribution is -2.28. The molecule has 5 heteroatoms. The van der Waals surface area contributed by atoms with Crippen LogP contribution in [0.1, 0.15) is 142 Å². The minimum absolute atomic E-state index is 0.0966. The molecule has 0 heterocycles. The maximum Gasteiger partial charge on any atom is 0.306 e. The third-order valence-corrected chi connectivity index (χ3v) is 6.98. The van der Waals surface area contributed by atoms with Crippen molar-refractivity contribution in [1.29, 1.82) is 0 Å². The fourth-order valence-corrected chi connectivity index (χ4v) is 4.35. The second-order valence-corrected chi connectivity index (χ2v) is 11.2. The van der Waals surface area contributed by atoms with Crippen LogP contribution in [0.25, 0.3) is 0 Å². The van der Waals surface area contributed by atoms with Gasteiger partial charge in [-0.05, 0) is 77.0 Å². The molecule has 0 amide bonds. The third-order valence-electron chi connectivity index (χ3n) is 6.98. The normalized spacial score (nSPS) is 13.1. The van der Waals surface area contributed by atoms with Crippen molar-refractivity contribution >= 4 is 11.9 Å². The number of ether oxygens (including phenoxy) is 2. The maximum atomic E-state index is 12.1. The molecule has 0 saturated carbocycles. The van der Waals surface area contributed by atoms with Crippen LogP contribution in [0, 0.1) is 0 Å². The summed E-state index contributed by atoms with van der Waals surface area (Å²) in [5.74, 6) is -0.678. The molecule has 0 aromatic carbocycles. The first kappa shape index (κ1) is 41.3. The molecule has 0 aliphatic rings. The van der Waals surface area contributed by atoms with Crippen molar-refractivity contribution in [1.82, 2.24) is 0 Å². The summed E-state index contributed by atoms with van der Waals surface area (Å²) in [7, 11) is 0. The quantitative estimate of drug-likeness (QED) is 0.0496. The molecular weight excluding hydrogens is 548 g/mol. The van der Waals surface area contributed by atoms with E-state index in [1.165, 1.54) is 44.9 Å². The Morgan fingerprint density at radius 1 is 0.545 bits per heavy atom. The van der Waals surface area contributed by atoms with Crippen molar-refractivity contribution in [2.24, 2.45) is 0 Å². The Morgan fingerprint density at radius 2 is 1.00 bits per heavy atom. The first-order chi connectivity index (χ1) is 21.6. The fourth-order valence-electron chi connectivity index (χ4n) is 4.35. The van der Waals surface area contributed by atoms with Crippen molar-refractivity contribution < 1.29 is 24.2 Å². The van der Waals surface area contributed by atoms with E-state index in [-0.39, 0.29) is 31.6 Å². The molecule has 0 radical (unpaired) electrons. The summed E-state index contributed by atoms with van der Waals surface area (Å²) in [4.78, 5) is 24.1. The Hall–Kier alpha value is -2.66. The number of esters is 2. The molecule has 44 heavy (non-hydrogen) atoms. The molecule has 0 fully saturated rings. The average molecular weight is 613 g/mol. The first-order valence-electron chi connectivity index (χ1n) is 17.5. The number of allylic oxidation sites excluding steroid dienone is 12. The molecule has 0 aliphatic carbocycles. The van der Waals surface area contributed by atoms with E-state index in [4.69, 9.17) is 9.47 Å². The number of carbonyl (C=O) groups is 2. The summed E-state index contributed by atoms with van der Waals surface area (Å²) >= 11 is 0. The molecule has 0 aromatic rings. The van der Waals surface area contributed by atoms with Gasteiger partial charge in [0.15, 0.2) is 6.10 Å². The van der Waals surface area contributed by atoms with E-state index in [2.05, 4.69) is 86.8 Å². The smallest absolute Gasteiger partial charge is 0.306 e. The van der Waals surface area contributed by atoms with Crippen LogP contribution in [-0.2, 0) is 19.1 Å². The second kappa shape index (κ2) is 34.8. The molecule has 0 saturated heterocycles. The summed E-state index contributed by atoms with van der Waals surface area (Å²) in [5, 5.41) is 9.51. The van der Waals surface area contributed by atoms with E-state index in [1.54, 1.807) is 0 Å². The number of unbranched alkanes of at least 4 members (excludes halogenated alkanes) is 10. The van der Waals surface area contributed by atoms with Gasteiger partial charge < -0.3 is 14.6 Å². The highest BCUT2D eigenvalue weighted by Crippen LogP contribution is 2.10. The first-order valence-corrected chi connectivity index (χ1v) is 17.5. The second-order valence-electron chi connectivity index (χ2n) is 11.2. The molecule has 0 spiro atoms. The van der Waals surface area contributed by atoms with Gasteiger partial charge in [-0.2, -0.15) is 0 Å². The fraction of sp³-hybridized carbons (Fsp3) is 0.641. The molecule has 0 aromatic heterocycles. The SMILES string of the molecule is CC/C=C\C/C=C\C/C=C\C/C=C\C/C=C\CCCC(=O)OC(CO)COC(=O)CCCCCCC/C=C\CCCCCC. The van der Waals surface area contributed by atoms with Gasteiger partial charge in [0.2, 0.25) is 0 Å². The molecule has 5 nitrogen and oxygen atoms in total. The van der Waals surface area contributed by atoms with Crippen LogP contribution in [0.4, 0.5) is 0 Å². The van der Waals surface area contributed by atoms with Crippen LogP contribution in [-0.4, -0.2) is 36.4 Å². The zero-order chi connectivity index (χ0) is 32.2. The minimum atomic E-state index is -0.806. The number of rotatable bonds is 30. The Morgan fingerprint density at radius 3 is 1.57 bits per heavy atom. The number of hydrogen-bond acceptors (Lipinski definition) is 5. The standard InChI is InChI=1S/C39H64O5/c1-3-5-7-9-11-13-15-17-18-19-20-22-24-26-28-30-32-34-39(42)44-37(35-40)36-43-38(41)33-31-29-27-25-23-21-16-14-12-10-8-6-4-2/h5,7,11,13-14,16-18,20,22,26,28,37,40H,3-4,6,8-10,12,15,19,21,23-25,27,29-36H2,1-2H3/b7-5-,13-11-,16-14-,18-17-,22-20-,28-26-. The van der Waals surface area contributed by atoms with Gasteiger partial charge in [0, 0.05) is 12.8 Å². The number of aliphatic hydroxyl groups excluding tert-OH is 1. The Kier molecular flexibility index (Phi) is 32.7. The van der Waals surface area contributed by atoms with E-state index < -0.39 is 6.10 Å². The van der Waals surface area contributed by atoms with Crippen LogP contribution < -0.4 is 0 Å². The van der Waals surface area contributed by atoms with Gasteiger partial charge in [-0.25, -0.2) is 0 Å². The van der Waals surface area contributed by atoms with Crippen LogP contribution in [0.15, 0.2) is 72.9 Å². The van der Waals surface area contributed by atoms with Crippen molar-refractivity contribution in [2.75, 3.05) is 13.2 Å². The van der Waals surface area contributed by atoms with Gasteiger partial charge in [-0.3, -0.25) is 9.59 Å². The third kappa shape index (κ3) is 32.3. The number of aliphatic hydroxyl groups is 1. The number of carbonyl (C=O) groups excluding carboxylic acids is 2. The zero-order valence-electron chi connectivity index (χ0n) is 28.1. The van der Waals surface area contributed by atoms with E-state index in [1.807, 2.05) is 0 Å². The van der Waals surface area contributed by atoms with Gasteiger partial charge in [0.25, 0.3) is 0 Å². The maximum absolute atomic E-state index is 12.1. The van der Waals surface area contributed by atoms with Crippen LogP contribution in [0.2, 0.25) is 0 Å². The molecule has 1 atom stereocenters. The number of hydrogen-bond donors (Lipinski definition) is 1. The highest BCUT2D eigenvalue weighted by molar-refractivity contribution is 5.70. The van der Waals surface area contributed by atoms with E-state index in [0.29, 0.717) is 12.8 Å². The predicted octanol–water partition coefficient (Wildman–Crippen LogP) is 10.6. The topological polar surface area (TPSA) is 72.8 Å². The highest BCUT2D eigenvalue weighted by Gasteiger charge is 2.15. The summed E-state index contributed by atoms with van der Waals surface area (Å²) < 4.78 is 10.5. The Bertz CT molecular complexity index is 833. The minimum Gasteiger partial charge on any atom is -0.462 e. The predicted molar refractivity (Wildman–Crippen MR) is 186 cm³/mol. The molecule has 0 aliphatic heterocycles. The van der Waals surface area contributed by atoms with Gasteiger partial charge >= 0.3 is 11.9 Å². The van der Waals surface area contributed by atoms with Gasteiger partial charge in [0.05, 0.1) is 6.61 Å². The summed E-state index contributed by atoms with van der Waals surface area (Å²) in [6.07, 6.45) is 45.3. The van der Waals surface area contributed by atoms with Gasteiger partial charge in [-0.15, -0.1) is 0 Å². The van der Waals surface area contributed by atoms with Crippen molar-refractivity contribution in [3.63, 3.8) is 0 Å². The molecule has 1 N–H and O–H groups in total. The largest absolute Gasteiger partial charge is 0.462 e. The molecular formula is C39H64O5. The van der Waals surface area contributed by atoms with Crippen molar-refractivity contribution in [3.8, 4) is 0 Å². The van der Waals surface area contributed by atoms with E-state index >= 15 is 0 Å². The molecule has 0 rings (SSSR count). The molecule has 0 bridgehead atoms. The monoisotopic (exact) mass is 612 g/mol. The highest BCUT2D eigenvalue weighted by atomic mass is 16.6. The Labute approximate surface area is 270 Å².